The second-order valence-electron chi connectivity index (χ2n) is 4.19. The molecular weight excluding hydrogens is 270 g/mol. The van der Waals surface area contributed by atoms with Crippen LogP contribution in [0.3, 0.4) is 0 Å². The van der Waals surface area contributed by atoms with Gasteiger partial charge in [0.15, 0.2) is 0 Å². The van der Waals surface area contributed by atoms with Crippen LogP contribution in [0.1, 0.15) is 16.1 Å². The van der Waals surface area contributed by atoms with E-state index in [1.165, 1.54) is 11.3 Å². The Balaban J connectivity index is 2.00. The Labute approximate surface area is 114 Å². The number of carboxylic acids is 1. The molecule has 0 saturated carbocycles. The summed E-state index contributed by atoms with van der Waals surface area (Å²) in [4.78, 5) is 25.1. The standard InChI is InChI=1S/C12H15NO5S/c1-17-9-4-10(19-7-9)12(16)13-2-3-18-8(6-13)5-11(14)15/h4,7-8H,2-3,5-6H2,1H3,(H,14,15)/t8-/m0/s1. The molecule has 104 valence electrons. The highest BCUT2D eigenvalue weighted by Gasteiger charge is 2.27. The van der Waals surface area contributed by atoms with Gasteiger partial charge in [0.1, 0.15) is 5.75 Å². The molecule has 1 aromatic heterocycles. The highest BCUT2D eigenvalue weighted by atomic mass is 32.1. The Hall–Kier alpha value is -1.60. The minimum atomic E-state index is -0.919. The molecule has 1 amide bonds. The fourth-order valence-corrected chi connectivity index (χ4v) is 2.74. The van der Waals surface area contributed by atoms with Crippen LogP contribution >= 0.6 is 11.3 Å². The maximum Gasteiger partial charge on any atom is 0.306 e. The van der Waals surface area contributed by atoms with Crippen molar-refractivity contribution in [2.45, 2.75) is 12.5 Å². The molecule has 1 aliphatic heterocycles. The molecule has 1 N–H and O–H groups in total. The van der Waals surface area contributed by atoms with Crippen LogP contribution in [0.2, 0.25) is 0 Å². The van der Waals surface area contributed by atoms with Gasteiger partial charge in [-0.05, 0) is 0 Å². The number of hydrogen-bond acceptors (Lipinski definition) is 5. The predicted octanol–water partition coefficient (Wildman–Crippen LogP) is 1.07. The van der Waals surface area contributed by atoms with Crippen molar-refractivity contribution in [3.05, 3.63) is 16.3 Å². The van der Waals surface area contributed by atoms with E-state index in [2.05, 4.69) is 0 Å². The summed E-state index contributed by atoms with van der Waals surface area (Å²) in [5, 5.41) is 10.5. The number of rotatable bonds is 4. The first-order chi connectivity index (χ1) is 9.10. The average molecular weight is 285 g/mol. The molecule has 0 aromatic carbocycles. The number of ether oxygens (including phenoxy) is 2. The minimum absolute atomic E-state index is 0.0858. The van der Waals surface area contributed by atoms with Gasteiger partial charge in [-0.1, -0.05) is 0 Å². The number of nitrogens with zero attached hydrogens (tertiary/aromatic N) is 1. The van der Waals surface area contributed by atoms with Gasteiger partial charge in [0, 0.05) is 24.5 Å². The molecule has 1 atom stereocenters. The molecule has 1 fully saturated rings. The lowest BCUT2D eigenvalue weighted by Gasteiger charge is -2.32. The van der Waals surface area contributed by atoms with Crippen LogP contribution in [0.15, 0.2) is 11.4 Å². The summed E-state index contributed by atoms with van der Waals surface area (Å²) in [7, 11) is 1.55. The number of amides is 1. The highest BCUT2D eigenvalue weighted by molar-refractivity contribution is 7.12. The SMILES string of the molecule is COc1csc(C(=O)N2CCO[C@@H](CC(=O)O)C2)c1. The van der Waals surface area contributed by atoms with E-state index in [1.807, 2.05) is 0 Å². The van der Waals surface area contributed by atoms with Gasteiger partial charge >= 0.3 is 5.97 Å². The molecule has 6 nitrogen and oxygen atoms in total. The van der Waals surface area contributed by atoms with Crippen LogP contribution in [0.25, 0.3) is 0 Å². The third kappa shape index (κ3) is 3.45. The number of methoxy groups -OCH3 is 1. The van der Waals surface area contributed by atoms with Crippen molar-refractivity contribution >= 4 is 23.2 Å². The van der Waals surface area contributed by atoms with E-state index >= 15 is 0 Å². The van der Waals surface area contributed by atoms with Crippen molar-refractivity contribution in [2.24, 2.45) is 0 Å². The zero-order chi connectivity index (χ0) is 13.8. The van der Waals surface area contributed by atoms with Crippen molar-refractivity contribution in [3.8, 4) is 5.75 Å². The van der Waals surface area contributed by atoms with Gasteiger partial charge in [-0.15, -0.1) is 11.3 Å². The number of aliphatic carboxylic acids is 1. The highest BCUT2D eigenvalue weighted by Crippen LogP contribution is 2.23. The molecule has 1 aliphatic rings. The zero-order valence-corrected chi connectivity index (χ0v) is 11.3. The van der Waals surface area contributed by atoms with E-state index in [0.717, 1.165) is 0 Å². The first-order valence-electron chi connectivity index (χ1n) is 5.85. The second-order valence-corrected chi connectivity index (χ2v) is 5.10. The van der Waals surface area contributed by atoms with Crippen molar-refractivity contribution in [1.82, 2.24) is 4.90 Å². The molecule has 0 aliphatic carbocycles. The van der Waals surface area contributed by atoms with Crippen LogP contribution < -0.4 is 4.74 Å². The predicted molar refractivity (Wildman–Crippen MR) is 68.8 cm³/mol. The summed E-state index contributed by atoms with van der Waals surface area (Å²) in [5.41, 5.74) is 0. The Bertz CT molecular complexity index is 472. The van der Waals surface area contributed by atoms with Crippen molar-refractivity contribution in [1.29, 1.82) is 0 Å². The Morgan fingerprint density at radius 2 is 2.42 bits per heavy atom. The van der Waals surface area contributed by atoms with E-state index < -0.39 is 12.1 Å². The number of hydrogen-bond donors (Lipinski definition) is 1. The first kappa shape index (κ1) is 13.8. The monoisotopic (exact) mass is 285 g/mol. The lowest BCUT2D eigenvalue weighted by atomic mass is 10.2. The second kappa shape index (κ2) is 6.03. The summed E-state index contributed by atoms with van der Waals surface area (Å²) in [6.07, 6.45) is -0.519. The maximum atomic E-state index is 12.2. The van der Waals surface area contributed by atoms with Gasteiger partial charge in [0.2, 0.25) is 0 Å². The molecule has 19 heavy (non-hydrogen) atoms. The topological polar surface area (TPSA) is 76.1 Å². The Kier molecular flexibility index (Phi) is 4.39. The fourth-order valence-electron chi connectivity index (χ4n) is 1.92. The molecule has 2 heterocycles. The lowest BCUT2D eigenvalue weighted by Crippen LogP contribution is -2.46. The number of carbonyl (C=O) groups excluding carboxylic acids is 1. The van der Waals surface area contributed by atoms with Crippen LogP contribution in [0, 0.1) is 0 Å². The normalized spacial score (nSPS) is 19.2. The molecule has 0 radical (unpaired) electrons. The Morgan fingerprint density at radius 1 is 1.63 bits per heavy atom. The van der Waals surface area contributed by atoms with Crippen LogP contribution in [0.4, 0.5) is 0 Å². The van der Waals surface area contributed by atoms with Crippen LogP contribution in [0.5, 0.6) is 5.75 Å². The van der Waals surface area contributed by atoms with Gasteiger partial charge in [-0.3, -0.25) is 9.59 Å². The molecule has 2 rings (SSSR count). The molecule has 0 spiro atoms. The largest absolute Gasteiger partial charge is 0.496 e. The Morgan fingerprint density at radius 3 is 3.05 bits per heavy atom. The number of morpholine rings is 1. The first-order valence-corrected chi connectivity index (χ1v) is 6.73. The summed E-state index contributed by atoms with van der Waals surface area (Å²) < 4.78 is 10.4. The zero-order valence-electron chi connectivity index (χ0n) is 10.5. The molecule has 0 unspecified atom stereocenters. The van der Waals surface area contributed by atoms with Gasteiger partial charge in [0.05, 0.1) is 31.1 Å². The number of thiophene rings is 1. The molecule has 1 aromatic rings. The molecular formula is C12H15NO5S. The van der Waals surface area contributed by atoms with Gasteiger partial charge < -0.3 is 19.5 Å². The maximum absolute atomic E-state index is 12.2. The summed E-state index contributed by atoms with van der Waals surface area (Å²) in [6.45, 7) is 1.16. The third-order valence-corrected chi connectivity index (χ3v) is 3.75. The van der Waals surface area contributed by atoms with Gasteiger partial charge in [-0.2, -0.15) is 0 Å². The molecule has 0 bridgehead atoms. The van der Waals surface area contributed by atoms with Crippen LogP contribution in [-0.2, 0) is 9.53 Å². The van der Waals surface area contributed by atoms with Crippen molar-refractivity contribution in [3.63, 3.8) is 0 Å². The molecule has 1 saturated heterocycles. The van der Waals surface area contributed by atoms with E-state index in [4.69, 9.17) is 14.6 Å². The van der Waals surface area contributed by atoms with E-state index in [0.29, 0.717) is 30.3 Å². The lowest BCUT2D eigenvalue weighted by molar-refractivity contribution is -0.141. The number of carbonyl (C=O) groups is 2. The quantitative estimate of drug-likeness (QED) is 0.895. The van der Waals surface area contributed by atoms with E-state index in [-0.39, 0.29) is 12.3 Å². The smallest absolute Gasteiger partial charge is 0.306 e. The molecule has 7 heteroatoms. The minimum Gasteiger partial charge on any atom is -0.496 e. The van der Waals surface area contributed by atoms with Crippen LogP contribution in [-0.4, -0.2) is 54.8 Å². The third-order valence-electron chi connectivity index (χ3n) is 2.85. The van der Waals surface area contributed by atoms with Gasteiger partial charge in [0.25, 0.3) is 5.91 Å². The fraction of sp³-hybridized carbons (Fsp3) is 0.500. The van der Waals surface area contributed by atoms with E-state index in [9.17, 15) is 9.59 Å². The van der Waals surface area contributed by atoms with Crippen molar-refractivity contribution in [2.75, 3.05) is 26.8 Å². The summed E-state index contributed by atoms with van der Waals surface area (Å²) in [6, 6.07) is 1.69. The van der Waals surface area contributed by atoms with Gasteiger partial charge in [-0.25, -0.2) is 0 Å². The number of carboxylic acid groups (broad SMARTS) is 1. The summed E-state index contributed by atoms with van der Waals surface area (Å²) >= 11 is 1.32. The summed E-state index contributed by atoms with van der Waals surface area (Å²) in [5.74, 6) is -0.368. The van der Waals surface area contributed by atoms with E-state index in [1.54, 1.807) is 23.5 Å². The average Bonchev–Trinajstić information content (AvgIpc) is 2.86. The van der Waals surface area contributed by atoms with Crippen molar-refractivity contribution < 1.29 is 24.2 Å².